The third-order valence-corrected chi connectivity index (χ3v) is 0.167. The van der Waals surface area contributed by atoms with Gasteiger partial charge in [0.05, 0.1) is 0 Å². The third-order valence-electron chi connectivity index (χ3n) is 0.167. The van der Waals surface area contributed by atoms with Gasteiger partial charge in [-0.15, -0.1) is 6.58 Å². The SMILES string of the molecule is C=CCN.FB(F)F. The monoisotopic (exact) mass is 125 g/mol. The van der Waals surface area contributed by atoms with E-state index >= 15 is 0 Å². The summed E-state index contributed by atoms with van der Waals surface area (Å²) >= 11 is 0. The Morgan fingerprint density at radius 3 is 1.62 bits per heavy atom. The fourth-order valence-electron chi connectivity index (χ4n) is 0. The van der Waals surface area contributed by atoms with Crippen LogP contribution in [0.3, 0.4) is 0 Å². The van der Waals surface area contributed by atoms with Crippen molar-refractivity contribution in [3.8, 4) is 0 Å². The predicted octanol–water partition coefficient (Wildman–Crippen LogP) is 1.01. The van der Waals surface area contributed by atoms with Crippen LogP contribution >= 0.6 is 0 Å². The van der Waals surface area contributed by atoms with Gasteiger partial charge in [-0.3, -0.25) is 12.9 Å². The molecule has 0 saturated heterocycles. The van der Waals surface area contributed by atoms with E-state index in [2.05, 4.69) is 6.58 Å². The molecule has 0 bridgehead atoms. The van der Waals surface area contributed by atoms with Crippen LogP contribution in [-0.4, -0.2) is 14.1 Å². The van der Waals surface area contributed by atoms with Crippen LogP contribution in [0.25, 0.3) is 0 Å². The summed E-state index contributed by atoms with van der Waals surface area (Å²) in [5.41, 5.74) is 4.91. The van der Waals surface area contributed by atoms with Gasteiger partial charge in [0.2, 0.25) is 0 Å². The van der Waals surface area contributed by atoms with E-state index in [1.54, 1.807) is 6.08 Å². The average molecular weight is 125 g/mol. The minimum absolute atomic E-state index is 0.583. The molecule has 0 radical (unpaired) electrons. The first-order chi connectivity index (χ1) is 3.65. The molecule has 0 aromatic rings. The van der Waals surface area contributed by atoms with Crippen LogP contribution in [-0.2, 0) is 0 Å². The minimum atomic E-state index is -3.67. The lowest BCUT2D eigenvalue weighted by atomic mass is 10.5. The fourth-order valence-corrected chi connectivity index (χ4v) is 0. The zero-order chi connectivity index (χ0) is 6.99. The predicted molar refractivity (Wildman–Crippen MR) is 28.3 cm³/mol. The number of halogens is 3. The topological polar surface area (TPSA) is 26.0 Å². The van der Waals surface area contributed by atoms with Gasteiger partial charge in [-0.25, -0.2) is 0 Å². The number of hydrogen-bond donors (Lipinski definition) is 1. The Balaban J connectivity index is 0. The molecule has 0 aliphatic rings. The van der Waals surface area contributed by atoms with E-state index in [0.717, 1.165) is 0 Å². The maximum absolute atomic E-state index is 9.67. The zero-order valence-corrected chi connectivity index (χ0v) is 4.28. The van der Waals surface area contributed by atoms with Gasteiger partial charge < -0.3 is 5.73 Å². The number of hydrogen-bond acceptors (Lipinski definition) is 1. The van der Waals surface area contributed by atoms with E-state index in [0.29, 0.717) is 6.54 Å². The summed E-state index contributed by atoms with van der Waals surface area (Å²) in [4.78, 5) is 0. The lowest BCUT2D eigenvalue weighted by molar-refractivity contribution is 0.535. The molecule has 0 aromatic carbocycles. The van der Waals surface area contributed by atoms with Crippen molar-refractivity contribution in [1.82, 2.24) is 0 Å². The highest BCUT2D eigenvalue weighted by Gasteiger charge is 2.06. The van der Waals surface area contributed by atoms with Crippen LogP contribution in [0.5, 0.6) is 0 Å². The first kappa shape index (κ1) is 10.5. The number of rotatable bonds is 1. The van der Waals surface area contributed by atoms with Crippen LogP contribution in [0.1, 0.15) is 0 Å². The van der Waals surface area contributed by atoms with Crippen molar-refractivity contribution < 1.29 is 12.9 Å². The Morgan fingerprint density at radius 2 is 1.62 bits per heavy atom. The van der Waals surface area contributed by atoms with Crippen LogP contribution < -0.4 is 5.73 Å². The standard InChI is InChI=1S/C3H7N.BF3/c1-2-3-4;2-1(3)4/h2H,1,3-4H2;. The molecular formula is C3H7BF3N. The van der Waals surface area contributed by atoms with Gasteiger partial charge in [-0.2, -0.15) is 0 Å². The summed E-state index contributed by atoms with van der Waals surface area (Å²) < 4.78 is 29.0. The van der Waals surface area contributed by atoms with Gasteiger partial charge >= 0.3 is 7.54 Å². The van der Waals surface area contributed by atoms with Crippen LogP contribution in [0.2, 0.25) is 0 Å². The zero-order valence-electron chi connectivity index (χ0n) is 4.28. The normalized spacial score (nSPS) is 6.50. The van der Waals surface area contributed by atoms with Gasteiger partial charge in [-0.1, -0.05) is 6.08 Å². The summed E-state index contributed by atoms with van der Waals surface area (Å²) in [5.74, 6) is 0. The van der Waals surface area contributed by atoms with Crippen molar-refractivity contribution in [1.29, 1.82) is 0 Å². The maximum Gasteiger partial charge on any atom is 0.762 e. The molecule has 0 aromatic heterocycles. The molecule has 48 valence electrons. The van der Waals surface area contributed by atoms with E-state index < -0.39 is 7.54 Å². The summed E-state index contributed by atoms with van der Waals surface area (Å²) in [5, 5.41) is 0. The van der Waals surface area contributed by atoms with Crippen molar-refractivity contribution in [3.63, 3.8) is 0 Å². The van der Waals surface area contributed by atoms with Gasteiger partial charge in [0.25, 0.3) is 0 Å². The smallest absolute Gasteiger partial charge is 0.327 e. The second-order valence-corrected chi connectivity index (χ2v) is 0.772. The second-order valence-electron chi connectivity index (χ2n) is 0.772. The molecule has 0 heterocycles. The summed E-state index contributed by atoms with van der Waals surface area (Å²) in [6.07, 6.45) is 1.65. The molecule has 8 heavy (non-hydrogen) atoms. The summed E-state index contributed by atoms with van der Waals surface area (Å²) in [6, 6.07) is 0. The molecule has 1 nitrogen and oxygen atoms in total. The molecule has 0 atom stereocenters. The molecule has 5 heteroatoms. The van der Waals surface area contributed by atoms with Crippen LogP contribution in [0.15, 0.2) is 12.7 Å². The van der Waals surface area contributed by atoms with E-state index in [1.165, 1.54) is 0 Å². The lowest BCUT2D eigenvalue weighted by Crippen LogP contribution is -1.90. The highest BCUT2D eigenvalue weighted by atomic mass is 19.4. The highest BCUT2D eigenvalue weighted by molar-refractivity contribution is 6.33. The summed E-state index contributed by atoms with van der Waals surface area (Å²) in [7, 11) is -3.67. The Morgan fingerprint density at radius 1 is 1.50 bits per heavy atom. The van der Waals surface area contributed by atoms with Crippen molar-refractivity contribution in [2.24, 2.45) is 5.73 Å². The first-order valence-corrected chi connectivity index (χ1v) is 1.88. The summed E-state index contributed by atoms with van der Waals surface area (Å²) in [6.45, 7) is 3.94. The van der Waals surface area contributed by atoms with Gasteiger partial charge in [0, 0.05) is 6.54 Å². The van der Waals surface area contributed by atoms with Crippen molar-refractivity contribution in [3.05, 3.63) is 12.7 Å². The van der Waals surface area contributed by atoms with E-state index in [1.807, 2.05) is 0 Å². The molecule has 0 unspecified atom stereocenters. The van der Waals surface area contributed by atoms with Crippen molar-refractivity contribution in [2.45, 2.75) is 0 Å². The average Bonchev–Trinajstić information content (AvgIpc) is 1.65. The molecule has 2 N–H and O–H groups in total. The van der Waals surface area contributed by atoms with Crippen LogP contribution in [0.4, 0.5) is 12.9 Å². The Bertz CT molecular complexity index is 47.0. The van der Waals surface area contributed by atoms with Gasteiger partial charge in [0.15, 0.2) is 0 Å². The Hall–Kier alpha value is -0.445. The van der Waals surface area contributed by atoms with E-state index in [9.17, 15) is 12.9 Å². The number of nitrogens with two attached hydrogens (primary N) is 1. The largest absolute Gasteiger partial charge is 0.762 e. The Kier molecular flexibility index (Phi) is 12.8. The molecule has 0 fully saturated rings. The molecule has 0 amide bonds. The molecule has 0 saturated carbocycles. The molecule has 0 rings (SSSR count). The molecule has 0 aliphatic carbocycles. The van der Waals surface area contributed by atoms with Crippen LogP contribution in [0, 0.1) is 0 Å². The Labute approximate surface area is 46.6 Å². The molecule has 0 spiro atoms. The molecular weight excluding hydrogens is 118 g/mol. The van der Waals surface area contributed by atoms with Crippen molar-refractivity contribution >= 4 is 7.54 Å². The lowest BCUT2D eigenvalue weighted by Gasteiger charge is -1.61. The van der Waals surface area contributed by atoms with Crippen molar-refractivity contribution in [2.75, 3.05) is 6.54 Å². The van der Waals surface area contributed by atoms with Gasteiger partial charge in [-0.05, 0) is 0 Å². The first-order valence-electron chi connectivity index (χ1n) is 1.88. The van der Waals surface area contributed by atoms with E-state index in [4.69, 9.17) is 5.73 Å². The molecule has 0 aliphatic heterocycles. The second kappa shape index (κ2) is 9.75. The quantitative estimate of drug-likeness (QED) is 0.410. The minimum Gasteiger partial charge on any atom is -0.327 e. The third kappa shape index (κ3) is 374. The highest BCUT2D eigenvalue weighted by Crippen LogP contribution is 1.80. The van der Waals surface area contributed by atoms with Gasteiger partial charge in [0.1, 0.15) is 0 Å². The maximum atomic E-state index is 9.67. The fraction of sp³-hybridized carbons (Fsp3) is 0.333. The van der Waals surface area contributed by atoms with E-state index in [-0.39, 0.29) is 0 Å².